The molecule has 0 aromatic heterocycles. The van der Waals surface area contributed by atoms with Gasteiger partial charge in [0.05, 0.1) is 19.1 Å². The summed E-state index contributed by atoms with van der Waals surface area (Å²) in [4.78, 5) is 37.5. The van der Waals surface area contributed by atoms with E-state index in [0.29, 0.717) is 48.7 Å². The minimum Gasteiger partial charge on any atom is -0.497 e. The number of carbonyl (C=O) groups excluding carboxylic acids is 2. The minimum absolute atomic E-state index is 0.0815. The van der Waals surface area contributed by atoms with Crippen molar-refractivity contribution >= 4 is 23.2 Å². The fourth-order valence-corrected chi connectivity index (χ4v) is 3.40. The third kappa shape index (κ3) is 4.86. The number of hydrogen-bond donors (Lipinski definition) is 1. The van der Waals surface area contributed by atoms with E-state index in [1.807, 2.05) is 0 Å². The highest BCUT2D eigenvalue weighted by molar-refractivity contribution is 5.96. The summed E-state index contributed by atoms with van der Waals surface area (Å²) in [5.74, 6) is 0.441. The van der Waals surface area contributed by atoms with Crippen LogP contribution in [0.15, 0.2) is 42.5 Å². The van der Waals surface area contributed by atoms with Crippen LogP contribution in [-0.2, 0) is 4.79 Å². The molecular formula is C21H23N3O6. The Labute approximate surface area is 173 Å². The van der Waals surface area contributed by atoms with Crippen molar-refractivity contribution in [2.24, 2.45) is 5.92 Å². The molecule has 0 radical (unpaired) electrons. The van der Waals surface area contributed by atoms with Gasteiger partial charge in [0.1, 0.15) is 11.5 Å². The second-order valence-corrected chi connectivity index (χ2v) is 6.96. The molecule has 1 saturated heterocycles. The summed E-state index contributed by atoms with van der Waals surface area (Å²) in [5.41, 5.74) is 0.767. The van der Waals surface area contributed by atoms with Crippen molar-refractivity contribution in [1.82, 2.24) is 4.90 Å². The number of ether oxygens (including phenoxy) is 2. The molecule has 0 saturated carbocycles. The molecule has 9 nitrogen and oxygen atoms in total. The second-order valence-electron chi connectivity index (χ2n) is 6.96. The summed E-state index contributed by atoms with van der Waals surface area (Å²) in [7, 11) is 3.04. The van der Waals surface area contributed by atoms with Crippen LogP contribution in [0.1, 0.15) is 23.2 Å². The van der Waals surface area contributed by atoms with Gasteiger partial charge in [-0.2, -0.15) is 0 Å². The quantitative estimate of drug-likeness (QED) is 0.575. The van der Waals surface area contributed by atoms with Gasteiger partial charge in [0.25, 0.3) is 11.6 Å². The number of amides is 2. The molecule has 1 aliphatic rings. The summed E-state index contributed by atoms with van der Waals surface area (Å²) in [6.07, 6.45) is 1.02. The molecule has 1 fully saturated rings. The predicted molar refractivity (Wildman–Crippen MR) is 110 cm³/mol. The van der Waals surface area contributed by atoms with Crippen LogP contribution in [0.4, 0.5) is 11.4 Å². The number of piperidine rings is 1. The summed E-state index contributed by atoms with van der Waals surface area (Å²) in [6, 6.07) is 10.8. The van der Waals surface area contributed by atoms with E-state index in [2.05, 4.69) is 5.32 Å². The molecule has 0 atom stereocenters. The number of carbonyl (C=O) groups is 2. The van der Waals surface area contributed by atoms with Gasteiger partial charge in [-0.3, -0.25) is 19.7 Å². The van der Waals surface area contributed by atoms with Crippen LogP contribution in [0.25, 0.3) is 0 Å². The van der Waals surface area contributed by atoms with Crippen LogP contribution >= 0.6 is 0 Å². The largest absolute Gasteiger partial charge is 0.497 e. The van der Waals surface area contributed by atoms with Crippen molar-refractivity contribution in [3.05, 3.63) is 58.1 Å². The molecular weight excluding hydrogens is 390 g/mol. The van der Waals surface area contributed by atoms with E-state index in [-0.39, 0.29) is 23.4 Å². The average Bonchev–Trinajstić information content (AvgIpc) is 2.78. The van der Waals surface area contributed by atoms with E-state index in [1.54, 1.807) is 29.2 Å². The first-order valence-electron chi connectivity index (χ1n) is 9.49. The number of rotatable bonds is 6. The fourth-order valence-electron chi connectivity index (χ4n) is 3.40. The Morgan fingerprint density at radius 1 is 1.07 bits per heavy atom. The topological polar surface area (TPSA) is 111 Å². The van der Waals surface area contributed by atoms with Crippen LogP contribution in [-0.4, -0.2) is 48.9 Å². The van der Waals surface area contributed by atoms with Gasteiger partial charge in [-0.15, -0.1) is 0 Å². The van der Waals surface area contributed by atoms with Crippen molar-refractivity contribution < 1.29 is 24.0 Å². The second kappa shape index (κ2) is 9.25. The molecule has 3 rings (SSSR count). The van der Waals surface area contributed by atoms with Crippen LogP contribution in [0.3, 0.4) is 0 Å². The molecule has 1 N–H and O–H groups in total. The van der Waals surface area contributed by atoms with Crippen molar-refractivity contribution in [3.63, 3.8) is 0 Å². The Bertz CT molecular complexity index is 931. The summed E-state index contributed by atoms with van der Waals surface area (Å²) < 4.78 is 10.4. The number of nitro groups is 1. The third-order valence-corrected chi connectivity index (χ3v) is 5.08. The highest BCUT2D eigenvalue weighted by Crippen LogP contribution is 2.26. The molecule has 0 aliphatic carbocycles. The summed E-state index contributed by atoms with van der Waals surface area (Å²) >= 11 is 0. The monoisotopic (exact) mass is 413 g/mol. The Morgan fingerprint density at radius 3 is 2.27 bits per heavy atom. The third-order valence-electron chi connectivity index (χ3n) is 5.08. The Morgan fingerprint density at radius 2 is 1.70 bits per heavy atom. The van der Waals surface area contributed by atoms with Gasteiger partial charge >= 0.3 is 0 Å². The van der Waals surface area contributed by atoms with Crippen molar-refractivity contribution in [2.75, 3.05) is 32.6 Å². The van der Waals surface area contributed by atoms with E-state index in [1.165, 1.54) is 32.4 Å². The zero-order chi connectivity index (χ0) is 21.7. The highest BCUT2D eigenvalue weighted by atomic mass is 16.6. The van der Waals surface area contributed by atoms with Gasteiger partial charge in [-0.1, -0.05) is 6.07 Å². The zero-order valence-electron chi connectivity index (χ0n) is 16.8. The molecule has 1 heterocycles. The lowest BCUT2D eigenvalue weighted by Gasteiger charge is -2.31. The molecule has 158 valence electrons. The maximum Gasteiger partial charge on any atom is 0.271 e. The van der Waals surface area contributed by atoms with Crippen LogP contribution < -0.4 is 14.8 Å². The molecule has 0 unspecified atom stereocenters. The van der Waals surface area contributed by atoms with Crippen LogP contribution in [0.2, 0.25) is 0 Å². The summed E-state index contributed by atoms with van der Waals surface area (Å²) in [5, 5.41) is 13.6. The zero-order valence-corrected chi connectivity index (χ0v) is 16.8. The number of likely N-dealkylation sites (tertiary alicyclic amines) is 1. The molecule has 0 bridgehead atoms. The van der Waals surface area contributed by atoms with Crippen molar-refractivity contribution in [3.8, 4) is 11.5 Å². The Hall–Kier alpha value is -3.62. The lowest BCUT2D eigenvalue weighted by atomic mass is 9.95. The molecule has 2 aromatic carbocycles. The first kappa shape index (κ1) is 21.1. The molecule has 2 aromatic rings. The van der Waals surface area contributed by atoms with E-state index in [9.17, 15) is 19.7 Å². The van der Waals surface area contributed by atoms with Crippen LogP contribution in [0.5, 0.6) is 11.5 Å². The van der Waals surface area contributed by atoms with Gasteiger partial charge in [-0.25, -0.2) is 0 Å². The van der Waals surface area contributed by atoms with Gasteiger partial charge in [0.15, 0.2) is 0 Å². The number of non-ortho nitro benzene ring substituents is 1. The van der Waals surface area contributed by atoms with Gasteiger partial charge in [0.2, 0.25) is 5.91 Å². The normalized spacial score (nSPS) is 14.1. The SMILES string of the molecule is COc1cc(OC)cc(C(=O)N2CCC(C(=O)Nc3cccc([N+](=O)[O-])c3)CC2)c1. The first-order chi connectivity index (χ1) is 14.4. The lowest BCUT2D eigenvalue weighted by molar-refractivity contribution is -0.384. The Kier molecular flexibility index (Phi) is 6.51. The van der Waals surface area contributed by atoms with E-state index < -0.39 is 4.92 Å². The predicted octanol–water partition coefficient (Wildman–Crippen LogP) is 3.10. The number of anilines is 1. The molecule has 2 amide bonds. The number of methoxy groups -OCH3 is 2. The highest BCUT2D eigenvalue weighted by Gasteiger charge is 2.28. The maximum absolute atomic E-state index is 12.9. The number of benzene rings is 2. The maximum atomic E-state index is 12.9. The van der Waals surface area contributed by atoms with E-state index >= 15 is 0 Å². The Balaban J connectivity index is 1.60. The van der Waals surface area contributed by atoms with E-state index in [0.717, 1.165) is 0 Å². The summed E-state index contributed by atoms with van der Waals surface area (Å²) in [6.45, 7) is 0.872. The number of hydrogen-bond acceptors (Lipinski definition) is 6. The average molecular weight is 413 g/mol. The first-order valence-corrected chi connectivity index (χ1v) is 9.49. The number of nitrogens with one attached hydrogen (secondary N) is 1. The van der Waals surface area contributed by atoms with Gasteiger partial charge in [0, 0.05) is 48.5 Å². The standard InChI is InChI=1S/C21H23N3O6/c1-29-18-10-15(11-19(13-18)30-2)21(26)23-8-6-14(7-9-23)20(25)22-16-4-3-5-17(12-16)24(27)28/h3-5,10-14H,6-9H2,1-2H3,(H,22,25). The fraction of sp³-hybridized carbons (Fsp3) is 0.333. The van der Waals surface area contributed by atoms with Crippen molar-refractivity contribution in [2.45, 2.75) is 12.8 Å². The smallest absolute Gasteiger partial charge is 0.271 e. The molecule has 1 aliphatic heterocycles. The van der Waals surface area contributed by atoms with Crippen LogP contribution in [0, 0.1) is 16.0 Å². The minimum atomic E-state index is -0.507. The van der Waals surface area contributed by atoms with Crippen molar-refractivity contribution in [1.29, 1.82) is 0 Å². The molecule has 30 heavy (non-hydrogen) atoms. The van der Waals surface area contributed by atoms with E-state index in [4.69, 9.17) is 9.47 Å². The number of nitrogens with zero attached hydrogens (tertiary/aromatic N) is 2. The molecule has 0 spiro atoms. The molecule has 9 heteroatoms. The van der Waals surface area contributed by atoms with Gasteiger partial charge < -0.3 is 19.7 Å². The van der Waals surface area contributed by atoms with Gasteiger partial charge in [-0.05, 0) is 31.0 Å². The number of nitro benzene ring substituents is 1. The lowest BCUT2D eigenvalue weighted by Crippen LogP contribution is -2.41.